The minimum absolute atomic E-state index is 0.365. The van der Waals surface area contributed by atoms with E-state index in [2.05, 4.69) is 4.90 Å². The smallest absolute Gasteiger partial charge is 0.414 e. The predicted octanol–water partition coefficient (Wildman–Crippen LogP) is 0.942. The van der Waals surface area contributed by atoms with Gasteiger partial charge in [0.15, 0.2) is 0 Å². The van der Waals surface area contributed by atoms with Crippen LogP contribution in [-0.4, -0.2) is 66.0 Å². The number of carboxylic acids is 2. The molecule has 1 saturated heterocycles. The quantitative estimate of drug-likeness (QED) is 0.731. The molecule has 0 saturated carbocycles. The molecule has 0 spiro atoms. The molecule has 0 bridgehead atoms. The summed E-state index contributed by atoms with van der Waals surface area (Å²) in [4.78, 5) is 20.8. The van der Waals surface area contributed by atoms with E-state index in [9.17, 15) is 8.42 Å². The van der Waals surface area contributed by atoms with Crippen molar-refractivity contribution >= 4 is 22.0 Å². The molecule has 3 rings (SSSR count). The highest BCUT2D eigenvalue weighted by Crippen LogP contribution is 2.18. The van der Waals surface area contributed by atoms with Crippen LogP contribution in [0.1, 0.15) is 5.76 Å². The van der Waals surface area contributed by atoms with Crippen molar-refractivity contribution in [3.63, 3.8) is 0 Å². The third-order valence-corrected chi connectivity index (χ3v) is 5.77. The molecule has 10 heteroatoms. The zero-order valence-corrected chi connectivity index (χ0v) is 15.2. The number of hydrogen-bond donors (Lipinski definition) is 2. The molecule has 1 aliphatic heterocycles. The fraction of sp³-hybridized carbons (Fsp3) is 0.294. The molecule has 1 fully saturated rings. The highest BCUT2D eigenvalue weighted by molar-refractivity contribution is 7.89. The summed E-state index contributed by atoms with van der Waals surface area (Å²) in [5.74, 6) is -2.74. The van der Waals surface area contributed by atoms with Crippen LogP contribution in [0.2, 0.25) is 0 Å². The van der Waals surface area contributed by atoms with Gasteiger partial charge < -0.3 is 14.6 Å². The van der Waals surface area contributed by atoms with E-state index < -0.39 is 22.0 Å². The number of piperazine rings is 1. The number of sulfonamides is 1. The van der Waals surface area contributed by atoms with Crippen LogP contribution < -0.4 is 0 Å². The first kappa shape index (κ1) is 20.6. The molecule has 2 heterocycles. The Morgan fingerprint density at radius 3 is 2.00 bits per heavy atom. The summed E-state index contributed by atoms with van der Waals surface area (Å²) in [6.07, 6.45) is 1.66. The van der Waals surface area contributed by atoms with Gasteiger partial charge in [0.1, 0.15) is 5.76 Å². The Morgan fingerprint density at radius 1 is 0.926 bits per heavy atom. The summed E-state index contributed by atoms with van der Waals surface area (Å²) >= 11 is 0. The lowest BCUT2D eigenvalue weighted by Gasteiger charge is -2.33. The van der Waals surface area contributed by atoms with Gasteiger partial charge in [0.05, 0.1) is 17.7 Å². The van der Waals surface area contributed by atoms with Crippen LogP contribution in [0.3, 0.4) is 0 Å². The molecule has 2 aromatic rings. The van der Waals surface area contributed by atoms with E-state index in [0.29, 0.717) is 31.1 Å². The highest BCUT2D eigenvalue weighted by Gasteiger charge is 2.28. The van der Waals surface area contributed by atoms with Gasteiger partial charge in [0, 0.05) is 26.2 Å². The molecular weight excluding hydrogens is 376 g/mol. The number of hydrogen-bond acceptors (Lipinski definition) is 6. The molecule has 0 aliphatic carbocycles. The van der Waals surface area contributed by atoms with E-state index in [1.807, 2.05) is 18.2 Å². The topological polar surface area (TPSA) is 128 Å². The summed E-state index contributed by atoms with van der Waals surface area (Å²) in [7, 11) is -3.36. The SMILES string of the molecule is O=C(O)C(=O)O.O=S(=O)(c1ccccc1)N1CCN(Cc2ccco2)CC1. The first-order valence-electron chi connectivity index (χ1n) is 8.07. The van der Waals surface area contributed by atoms with Crippen molar-refractivity contribution in [2.75, 3.05) is 26.2 Å². The Labute approximate surface area is 156 Å². The zero-order chi connectivity index (χ0) is 19.9. The van der Waals surface area contributed by atoms with Crippen molar-refractivity contribution in [2.45, 2.75) is 11.4 Å². The van der Waals surface area contributed by atoms with Crippen LogP contribution in [0.15, 0.2) is 58.0 Å². The third-order valence-electron chi connectivity index (χ3n) is 3.85. The second-order valence-corrected chi connectivity index (χ2v) is 7.62. The van der Waals surface area contributed by atoms with Crippen molar-refractivity contribution < 1.29 is 32.6 Å². The highest BCUT2D eigenvalue weighted by atomic mass is 32.2. The second-order valence-electron chi connectivity index (χ2n) is 5.68. The zero-order valence-electron chi connectivity index (χ0n) is 14.4. The first-order chi connectivity index (χ1) is 12.8. The number of aliphatic carboxylic acids is 2. The van der Waals surface area contributed by atoms with E-state index in [1.165, 1.54) is 0 Å². The summed E-state index contributed by atoms with van der Waals surface area (Å²) in [6.45, 7) is 3.18. The lowest BCUT2D eigenvalue weighted by Crippen LogP contribution is -2.48. The minimum Gasteiger partial charge on any atom is -0.473 e. The average molecular weight is 396 g/mol. The Hall–Kier alpha value is -2.69. The molecule has 0 unspecified atom stereocenters. The monoisotopic (exact) mass is 396 g/mol. The summed E-state index contributed by atoms with van der Waals surface area (Å²) in [5.41, 5.74) is 0. The molecule has 146 valence electrons. The lowest BCUT2D eigenvalue weighted by atomic mass is 10.3. The van der Waals surface area contributed by atoms with Crippen molar-refractivity contribution in [2.24, 2.45) is 0 Å². The van der Waals surface area contributed by atoms with Gasteiger partial charge in [-0.1, -0.05) is 18.2 Å². The number of benzene rings is 1. The van der Waals surface area contributed by atoms with E-state index in [-0.39, 0.29) is 0 Å². The standard InChI is InChI=1S/C15H18N2O3S.C2H2O4/c18-21(19,15-6-2-1-3-7-15)17-10-8-16(9-11-17)13-14-5-4-12-20-14;3-1(4)2(5)6/h1-7,12H,8-11,13H2;(H,3,4)(H,5,6). The maximum Gasteiger partial charge on any atom is 0.414 e. The summed E-state index contributed by atoms with van der Waals surface area (Å²) < 4.78 is 31.9. The van der Waals surface area contributed by atoms with Gasteiger partial charge in [0.25, 0.3) is 0 Å². The van der Waals surface area contributed by atoms with Crippen LogP contribution in [0.5, 0.6) is 0 Å². The van der Waals surface area contributed by atoms with Crippen LogP contribution in [-0.2, 0) is 26.2 Å². The molecule has 0 atom stereocenters. The maximum atomic E-state index is 12.5. The largest absolute Gasteiger partial charge is 0.473 e. The van der Waals surface area contributed by atoms with Gasteiger partial charge in [0.2, 0.25) is 10.0 Å². The number of rotatable bonds is 4. The van der Waals surface area contributed by atoms with Gasteiger partial charge in [-0.25, -0.2) is 18.0 Å². The van der Waals surface area contributed by atoms with E-state index in [1.54, 1.807) is 34.8 Å². The Balaban J connectivity index is 0.000000380. The molecular formula is C17H20N2O7S. The molecule has 27 heavy (non-hydrogen) atoms. The van der Waals surface area contributed by atoms with Gasteiger partial charge in [-0.3, -0.25) is 4.90 Å². The lowest BCUT2D eigenvalue weighted by molar-refractivity contribution is -0.159. The van der Waals surface area contributed by atoms with Gasteiger partial charge in [-0.15, -0.1) is 0 Å². The van der Waals surface area contributed by atoms with E-state index in [0.717, 1.165) is 12.3 Å². The molecule has 9 nitrogen and oxygen atoms in total. The van der Waals surface area contributed by atoms with Crippen LogP contribution in [0, 0.1) is 0 Å². The van der Waals surface area contributed by atoms with E-state index >= 15 is 0 Å². The number of carbonyl (C=O) groups is 2. The Morgan fingerprint density at radius 2 is 1.52 bits per heavy atom. The first-order valence-corrected chi connectivity index (χ1v) is 9.51. The fourth-order valence-electron chi connectivity index (χ4n) is 2.49. The minimum atomic E-state index is -3.36. The molecule has 0 radical (unpaired) electrons. The van der Waals surface area contributed by atoms with Crippen molar-refractivity contribution in [1.82, 2.24) is 9.21 Å². The predicted molar refractivity (Wildman–Crippen MR) is 94.5 cm³/mol. The van der Waals surface area contributed by atoms with Crippen molar-refractivity contribution in [3.8, 4) is 0 Å². The molecule has 0 amide bonds. The van der Waals surface area contributed by atoms with Crippen molar-refractivity contribution in [3.05, 3.63) is 54.5 Å². The third kappa shape index (κ3) is 5.91. The fourth-order valence-corrected chi connectivity index (χ4v) is 3.94. The molecule has 2 N–H and O–H groups in total. The van der Waals surface area contributed by atoms with Gasteiger partial charge in [-0.2, -0.15) is 4.31 Å². The number of nitrogens with zero attached hydrogens (tertiary/aromatic N) is 2. The van der Waals surface area contributed by atoms with Gasteiger partial charge in [-0.05, 0) is 24.3 Å². The molecule has 1 aromatic carbocycles. The number of carboxylic acid groups (broad SMARTS) is 2. The summed E-state index contributed by atoms with van der Waals surface area (Å²) in [6, 6.07) is 12.4. The van der Waals surface area contributed by atoms with Gasteiger partial charge >= 0.3 is 11.9 Å². The van der Waals surface area contributed by atoms with Crippen molar-refractivity contribution in [1.29, 1.82) is 0 Å². The normalized spacial score (nSPS) is 15.6. The Kier molecular flexibility index (Phi) is 7.11. The van der Waals surface area contributed by atoms with Crippen LogP contribution in [0.4, 0.5) is 0 Å². The summed E-state index contributed by atoms with van der Waals surface area (Å²) in [5, 5.41) is 14.8. The van der Waals surface area contributed by atoms with E-state index in [4.69, 9.17) is 24.2 Å². The average Bonchev–Trinajstić information content (AvgIpc) is 3.16. The van der Waals surface area contributed by atoms with Crippen LogP contribution in [0.25, 0.3) is 0 Å². The van der Waals surface area contributed by atoms with Crippen LogP contribution >= 0.6 is 0 Å². The maximum absolute atomic E-state index is 12.5. The molecule has 1 aromatic heterocycles. The second kappa shape index (κ2) is 9.31. The molecule has 1 aliphatic rings. The Bertz CT molecular complexity index is 831. The number of furan rings is 1.